The molecule has 0 bridgehead atoms. The quantitative estimate of drug-likeness (QED) is 0.776. The lowest BCUT2D eigenvalue weighted by Crippen LogP contribution is -2.21. The first kappa shape index (κ1) is 9.52. The van der Waals surface area contributed by atoms with Crippen LogP contribution < -0.4 is 5.73 Å². The van der Waals surface area contributed by atoms with Crippen LogP contribution in [0.5, 0.6) is 0 Å². The van der Waals surface area contributed by atoms with Gasteiger partial charge in [-0.15, -0.1) is 0 Å². The zero-order valence-corrected chi connectivity index (χ0v) is 8.52. The summed E-state index contributed by atoms with van der Waals surface area (Å²) in [7, 11) is 0. The number of aromatic nitrogens is 2. The van der Waals surface area contributed by atoms with E-state index in [4.69, 9.17) is 5.73 Å². The van der Waals surface area contributed by atoms with Crippen LogP contribution in [0.25, 0.3) is 0 Å². The van der Waals surface area contributed by atoms with Gasteiger partial charge < -0.3 is 15.2 Å². The van der Waals surface area contributed by atoms with Gasteiger partial charge in [-0.2, -0.15) is 0 Å². The van der Waals surface area contributed by atoms with E-state index in [1.807, 2.05) is 10.8 Å². The third-order valence-corrected chi connectivity index (χ3v) is 2.82. The molecule has 1 aromatic heterocycles. The molecule has 1 aromatic rings. The number of rotatable bonds is 4. The highest BCUT2D eigenvalue weighted by atomic mass is 15.2. The lowest BCUT2D eigenvalue weighted by molar-refractivity contribution is 0.325. The summed E-state index contributed by atoms with van der Waals surface area (Å²) < 4.78 is 2.01. The second kappa shape index (κ2) is 4.46. The molecule has 78 valence electrons. The van der Waals surface area contributed by atoms with E-state index in [0.29, 0.717) is 5.95 Å². The summed E-state index contributed by atoms with van der Waals surface area (Å²) in [6.45, 7) is 4.73. The van der Waals surface area contributed by atoms with E-state index in [9.17, 15) is 0 Å². The summed E-state index contributed by atoms with van der Waals surface area (Å²) in [5, 5.41) is 0. The topological polar surface area (TPSA) is 47.1 Å². The van der Waals surface area contributed by atoms with E-state index >= 15 is 0 Å². The van der Waals surface area contributed by atoms with E-state index in [1.165, 1.54) is 38.9 Å². The van der Waals surface area contributed by atoms with Crippen LogP contribution in [0.4, 0.5) is 5.95 Å². The third kappa shape index (κ3) is 2.26. The minimum absolute atomic E-state index is 0.631. The van der Waals surface area contributed by atoms with Gasteiger partial charge in [0.1, 0.15) is 0 Å². The van der Waals surface area contributed by atoms with Gasteiger partial charge in [0.15, 0.2) is 5.95 Å². The third-order valence-electron chi connectivity index (χ3n) is 2.82. The highest BCUT2D eigenvalue weighted by molar-refractivity contribution is 5.16. The Bertz CT molecular complexity index is 275. The monoisotopic (exact) mass is 194 g/mol. The van der Waals surface area contributed by atoms with Crippen LogP contribution in [0.15, 0.2) is 12.4 Å². The smallest absolute Gasteiger partial charge is 0.200 e. The van der Waals surface area contributed by atoms with Gasteiger partial charge in [0.25, 0.3) is 0 Å². The maximum Gasteiger partial charge on any atom is 0.200 e. The molecule has 0 aromatic carbocycles. The molecule has 0 unspecified atom stereocenters. The van der Waals surface area contributed by atoms with E-state index < -0.39 is 0 Å². The number of hydrogen-bond donors (Lipinski definition) is 1. The number of aryl methyl sites for hydroxylation is 1. The lowest BCUT2D eigenvalue weighted by atomic mass is 10.4. The van der Waals surface area contributed by atoms with Crippen molar-refractivity contribution in [2.24, 2.45) is 0 Å². The molecule has 0 radical (unpaired) electrons. The number of nitrogens with two attached hydrogens (primary N) is 1. The molecule has 4 heteroatoms. The Morgan fingerprint density at radius 1 is 1.29 bits per heavy atom. The number of nitrogens with zero attached hydrogens (tertiary/aromatic N) is 3. The first-order chi connectivity index (χ1) is 6.86. The minimum atomic E-state index is 0.631. The van der Waals surface area contributed by atoms with E-state index in [1.54, 1.807) is 6.20 Å². The molecule has 2 N–H and O–H groups in total. The predicted octanol–water partition coefficient (Wildman–Crippen LogP) is 0.951. The van der Waals surface area contributed by atoms with Gasteiger partial charge in [0.2, 0.25) is 0 Å². The van der Waals surface area contributed by atoms with Crippen LogP contribution in [0, 0.1) is 0 Å². The molecular weight excluding hydrogens is 176 g/mol. The fraction of sp³-hybridized carbons (Fsp3) is 0.700. The molecule has 4 nitrogen and oxygen atoms in total. The summed E-state index contributed by atoms with van der Waals surface area (Å²) >= 11 is 0. The van der Waals surface area contributed by atoms with Gasteiger partial charge in [0, 0.05) is 18.9 Å². The second-order valence-corrected chi connectivity index (χ2v) is 3.88. The molecular formula is C10H18N4. The van der Waals surface area contributed by atoms with Gasteiger partial charge in [0.05, 0.1) is 0 Å². The van der Waals surface area contributed by atoms with Crippen LogP contribution in [-0.4, -0.2) is 34.1 Å². The maximum atomic E-state index is 5.67. The summed E-state index contributed by atoms with van der Waals surface area (Å²) in [6, 6.07) is 0. The van der Waals surface area contributed by atoms with Crippen LogP contribution in [-0.2, 0) is 6.54 Å². The van der Waals surface area contributed by atoms with Gasteiger partial charge in [-0.25, -0.2) is 4.98 Å². The molecule has 0 aliphatic carbocycles. The standard InChI is InChI=1S/C10H18N4/c11-10-12-4-9-14(10)8-3-7-13-5-1-2-6-13/h4,9H,1-3,5-8H2,(H2,11,12). The Labute approximate surface area is 84.7 Å². The number of imidazole rings is 1. The average Bonchev–Trinajstić information content (AvgIpc) is 2.78. The molecule has 1 aliphatic rings. The van der Waals surface area contributed by atoms with Gasteiger partial charge in [-0.05, 0) is 38.9 Å². The first-order valence-corrected chi connectivity index (χ1v) is 5.35. The van der Waals surface area contributed by atoms with Crippen molar-refractivity contribution < 1.29 is 0 Å². The summed E-state index contributed by atoms with van der Waals surface area (Å²) in [5.74, 6) is 0.631. The molecule has 0 atom stereocenters. The molecule has 14 heavy (non-hydrogen) atoms. The summed E-state index contributed by atoms with van der Waals surface area (Å²) in [6.07, 6.45) is 7.60. The Morgan fingerprint density at radius 3 is 2.71 bits per heavy atom. The van der Waals surface area contributed by atoms with Gasteiger partial charge >= 0.3 is 0 Å². The van der Waals surface area contributed by atoms with Gasteiger partial charge in [-0.1, -0.05) is 0 Å². The molecule has 0 saturated carbocycles. The largest absolute Gasteiger partial charge is 0.369 e. The molecule has 0 amide bonds. The van der Waals surface area contributed by atoms with E-state index in [-0.39, 0.29) is 0 Å². The van der Waals surface area contributed by atoms with Crippen molar-refractivity contribution in [3.8, 4) is 0 Å². The molecule has 1 saturated heterocycles. The van der Waals surface area contributed by atoms with Gasteiger partial charge in [-0.3, -0.25) is 0 Å². The Kier molecular flexibility index (Phi) is 3.03. The SMILES string of the molecule is Nc1nccn1CCCN1CCCC1. The predicted molar refractivity (Wildman–Crippen MR) is 56.9 cm³/mol. The number of nitrogen functional groups attached to an aromatic ring is 1. The fourth-order valence-electron chi connectivity index (χ4n) is 2.00. The lowest BCUT2D eigenvalue weighted by Gasteiger charge is -2.14. The molecule has 2 rings (SSSR count). The minimum Gasteiger partial charge on any atom is -0.369 e. The van der Waals surface area contributed by atoms with Crippen LogP contribution in [0.3, 0.4) is 0 Å². The zero-order chi connectivity index (χ0) is 9.80. The highest BCUT2D eigenvalue weighted by Gasteiger charge is 2.10. The molecule has 0 spiro atoms. The molecule has 1 aliphatic heterocycles. The zero-order valence-electron chi connectivity index (χ0n) is 8.52. The Hall–Kier alpha value is -1.03. The molecule has 2 heterocycles. The van der Waals surface area contributed by atoms with Crippen molar-refractivity contribution in [2.75, 3.05) is 25.4 Å². The normalized spacial score (nSPS) is 17.7. The maximum absolute atomic E-state index is 5.67. The number of anilines is 1. The summed E-state index contributed by atoms with van der Waals surface area (Å²) in [4.78, 5) is 6.52. The van der Waals surface area contributed by atoms with Crippen molar-refractivity contribution >= 4 is 5.95 Å². The van der Waals surface area contributed by atoms with Crippen LogP contribution in [0.1, 0.15) is 19.3 Å². The number of hydrogen-bond acceptors (Lipinski definition) is 3. The van der Waals surface area contributed by atoms with E-state index in [2.05, 4.69) is 9.88 Å². The van der Waals surface area contributed by atoms with Crippen molar-refractivity contribution in [3.63, 3.8) is 0 Å². The highest BCUT2D eigenvalue weighted by Crippen LogP contribution is 2.08. The Balaban J connectivity index is 1.70. The van der Waals surface area contributed by atoms with E-state index in [0.717, 1.165) is 6.54 Å². The van der Waals surface area contributed by atoms with Crippen molar-refractivity contribution in [2.45, 2.75) is 25.8 Å². The molecule has 1 fully saturated rings. The van der Waals surface area contributed by atoms with Crippen molar-refractivity contribution in [3.05, 3.63) is 12.4 Å². The van der Waals surface area contributed by atoms with Crippen LogP contribution in [0.2, 0.25) is 0 Å². The fourth-order valence-corrected chi connectivity index (χ4v) is 2.00. The Morgan fingerprint density at radius 2 is 2.07 bits per heavy atom. The second-order valence-electron chi connectivity index (χ2n) is 3.88. The number of likely N-dealkylation sites (tertiary alicyclic amines) is 1. The van der Waals surface area contributed by atoms with Crippen molar-refractivity contribution in [1.29, 1.82) is 0 Å². The van der Waals surface area contributed by atoms with Crippen LogP contribution >= 0.6 is 0 Å². The van der Waals surface area contributed by atoms with Crippen molar-refractivity contribution in [1.82, 2.24) is 14.5 Å². The first-order valence-electron chi connectivity index (χ1n) is 5.35. The summed E-state index contributed by atoms with van der Waals surface area (Å²) in [5.41, 5.74) is 5.67. The average molecular weight is 194 g/mol.